The molecule has 0 radical (unpaired) electrons. The lowest BCUT2D eigenvalue weighted by molar-refractivity contribution is 1.07. The summed E-state index contributed by atoms with van der Waals surface area (Å²) in [5, 5.41) is 17.3. The molecule has 0 fully saturated rings. The van der Waals surface area contributed by atoms with Gasteiger partial charge in [-0.1, -0.05) is 170 Å². The van der Waals surface area contributed by atoms with Crippen molar-refractivity contribution >= 4 is 32.3 Å². The van der Waals surface area contributed by atoms with E-state index >= 15 is 0 Å². The molecule has 0 spiro atoms. The first kappa shape index (κ1) is 32.9. The highest BCUT2D eigenvalue weighted by Crippen LogP contribution is 2.39. The minimum Gasteiger partial charge on any atom is -0.208 e. The van der Waals surface area contributed by atoms with Crippen LogP contribution in [0, 0.1) is 11.3 Å². The van der Waals surface area contributed by atoms with Crippen molar-refractivity contribution in [1.82, 2.24) is 15.0 Å². The van der Waals surface area contributed by atoms with Crippen LogP contribution in [0.1, 0.15) is 5.56 Å². The maximum Gasteiger partial charge on any atom is 0.164 e. The molecule has 0 aliphatic carbocycles. The standard InChI is InChI=1S/C52H32N4/c53-33-34-29-42(41-26-23-37-20-19-35-11-7-8-16-44(35)49(37)32-41)31-43(30-34)46-28-27-45(47-17-9-10-18-48(46)47)36-21-24-40(25-22-36)52-55-50(38-12-3-1-4-13-38)54-51(56-52)39-14-5-2-6-15-39/h1-32H. The number of aromatic nitrogens is 3. The number of rotatable bonds is 6. The molecule has 260 valence electrons. The van der Waals surface area contributed by atoms with Gasteiger partial charge >= 0.3 is 0 Å². The molecular weight excluding hydrogens is 681 g/mol. The van der Waals surface area contributed by atoms with Gasteiger partial charge in [-0.3, -0.25) is 0 Å². The van der Waals surface area contributed by atoms with Crippen LogP contribution in [0.15, 0.2) is 194 Å². The van der Waals surface area contributed by atoms with E-state index in [2.05, 4.69) is 127 Å². The monoisotopic (exact) mass is 712 g/mol. The van der Waals surface area contributed by atoms with Gasteiger partial charge in [0.05, 0.1) is 11.6 Å². The minimum absolute atomic E-state index is 0.622. The number of fused-ring (bicyclic) bond motifs is 4. The van der Waals surface area contributed by atoms with E-state index in [1.54, 1.807) is 0 Å². The quantitative estimate of drug-likeness (QED) is 0.161. The minimum atomic E-state index is 0.622. The maximum atomic E-state index is 10.2. The van der Waals surface area contributed by atoms with Gasteiger partial charge in [-0.15, -0.1) is 0 Å². The van der Waals surface area contributed by atoms with E-state index in [4.69, 9.17) is 15.0 Å². The van der Waals surface area contributed by atoms with Gasteiger partial charge in [-0.2, -0.15) is 5.26 Å². The zero-order chi connectivity index (χ0) is 37.4. The van der Waals surface area contributed by atoms with Gasteiger partial charge in [-0.25, -0.2) is 15.0 Å². The van der Waals surface area contributed by atoms with E-state index in [0.29, 0.717) is 23.0 Å². The lowest BCUT2D eigenvalue weighted by atomic mass is 9.89. The molecule has 0 bridgehead atoms. The second-order valence-corrected chi connectivity index (χ2v) is 14.0. The van der Waals surface area contributed by atoms with Gasteiger partial charge in [0.15, 0.2) is 17.5 Å². The Kier molecular flexibility index (Phi) is 8.17. The van der Waals surface area contributed by atoms with Crippen LogP contribution in [0.2, 0.25) is 0 Å². The van der Waals surface area contributed by atoms with E-state index in [9.17, 15) is 5.26 Å². The Morgan fingerprint density at radius 1 is 0.304 bits per heavy atom. The normalized spacial score (nSPS) is 11.2. The van der Waals surface area contributed by atoms with Crippen LogP contribution in [0.3, 0.4) is 0 Å². The number of nitrogens with zero attached hydrogens (tertiary/aromatic N) is 4. The third-order valence-electron chi connectivity index (χ3n) is 10.5. The van der Waals surface area contributed by atoms with Crippen molar-refractivity contribution in [2.45, 2.75) is 0 Å². The largest absolute Gasteiger partial charge is 0.208 e. The molecule has 0 aliphatic heterocycles. The molecule has 0 unspecified atom stereocenters. The van der Waals surface area contributed by atoms with Crippen LogP contribution in [0.4, 0.5) is 0 Å². The third kappa shape index (κ3) is 6.04. The molecule has 0 amide bonds. The second kappa shape index (κ2) is 13.9. The smallest absolute Gasteiger partial charge is 0.164 e. The Balaban J connectivity index is 1.04. The highest BCUT2D eigenvalue weighted by Gasteiger charge is 2.15. The first-order valence-electron chi connectivity index (χ1n) is 18.7. The molecule has 10 rings (SSSR count). The summed E-state index contributed by atoms with van der Waals surface area (Å²) in [5.41, 5.74) is 9.82. The molecule has 0 aliphatic rings. The van der Waals surface area contributed by atoms with Crippen LogP contribution >= 0.6 is 0 Å². The van der Waals surface area contributed by atoms with Crippen LogP contribution in [-0.2, 0) is 0 Å². The predicted molar refractivity (Wildman–Crippen MR) is 230 cm³/mol. The zero-order valence-electron chi connectivity index (χ0n) is 30.3. The third-order valence-corrected chi connectivity index (χ3v) is 10.5. The molecular formula is C52H32N4. The van der Waals surface area contributed by atoms with Gasteiger partial charge in [0.25, 0.3) is 0 Å². The van der Waals surface area contributed by atoms with E-state index < -0.39 is 0 Å². The van der Waals surface area contributed by atoms with Crippen molar-refractivity contribution in [3.63, 3.8) is 0 Å². The summed E-state index contributed by atoms with van der Waals surface area (Å²) < 4.78 is 0. The lowest BCUT2D eigenvalue weighted by Crippen LogP contribution is -2.00. The summed E-state index contributed by atoms with van der Waals surface area (Å²) in [6.07, 6.45) is 0. The maximum absolute atomic E-state index is 10.2. The average molecular weight is 713 g/mol. The summed E-state index contributed by atoms with van der Waals surface area (Å²) >= 11 is 0. The predicted octanol–water partition coefficient (Wildman–Crippen LogP) is 13.2. The van der Waals surface area contributed by atoms with Crippen molar-refractivity contribution in [2.24, 2.45) is 0 Å². The first-order chi connectivity index (χ1) is 27.7. The Bertz CT molecular complexity index is 3070. The summed E-state index contributed by atoms with van der Waals surface area (Å²) in [4.78, 5) is 14.7. The van der Waals surface area contributed by atoms with E-state index in [-0.39, 0.29) is 0 Å². The molecule has 0 atom stereocenters. The van der Waals surface area contributed by atoms with Crippen LogP contribution in [0.25, 0.3) is 99.9 Å². The van der Waals surface area contributed by atoms with E-state index in [1.165, 1.54) is 21.5 Å². The molecule has 4 nitrogen and oxygen atoms in total. The first-order valence-corrected chi connectivity index (χ1v) is 18.7. The molecule has 1 heterocycles. The summed E-state index contributed by atoms with van der Waals surface area (Å²) in [6, 6.07) is 69.5. The Morgan fingerprint density at radius 3 is 1.36 bits per heavy atom. The SMILES string of the molecule is N#Cc1cc(-c2ccc3ccc4ccccc4c3c2)cc(-c2ccc(-c3ccc(-c4nc(-c5ccccc5)nc(-c5ccccc5)n4)cc3)c3ccccc23)c1. The van der Waals surface area contributed by atoms with Crippen molar-refractivity contribution in [2.75, 3.05) is 0 Å². The van der Waals surface area contributed by atoms with Crippen LogP contribution in [0.5, 0.6) is 0 Å². The molecule has 0 saturated heterocycles. The summed E-state index contributed by atoms with van der Waals surface area (Å²) in [5.74, 6) is 1.90. The lowest BCUT2D eigenvalue weighted by Gasteiger charge is -2.14. The Hall–Kier alpha value is -7.74. The van der Waals surface area contributed by atoms with Gasteiger partial charge in [0.2, 0.25) is 0 Å². The summed E-state index contributed by atoms with van der Waals surface area (Å²) in [6.45, 7) is 0. The zero-order valence-corrected chi connectivity index (χ0v) is 30.3. The molecule has 0 N–H and O–H groups in total. The van der Waals surface area contributed by atoms with Gasteiger partial charge in [0, 0.05) is 16.7 Å². The molecule has 56 heavy (non-hydrogen) atoms. The average Bonchev–Trinajstić information content (AvgIpc) is 3.28. The molecule has 10 aromatic rings. The van der Waals surface area contributed by atoms with Gasteiger partial charge in [0.1, 0.15) is 0 Å². The molecule has 4 heteroatoms. The molecule has 9 aromatic carbocycles. The van der Waals surface area contributed by atoms with Crippen molar-refractivity contribution in [1.29, 1.82) is 5.26 Å². The van der Waals surface area contributed by atoms with Crippen LogP contribution < -0.4 is 0 Å². The topological polar surface area (TPSA) is 62.5 Å². The number of hydrogen-bond acceptors (Lipinski definition) is 4. The van der Waals surface area contributed by atoms with Crippen molar-refractivity contribution in [3.05, 3.63) is 200 Å². The number of benzene rings is 9. The highest BCUT2D eigenvalue weighted by molar-refractivity contribution is 6.09. The second-order valence-electron chi connectivity index (χ2n) is 14.0. The van der Waals surface area contributed by atoms with Crippen LogP contribution in [-0.4, -0.2) is 15.0 Å². The summed E-state index contributed by atoms with van der Waals surface area (Å²) in [7, 11) is 0. The fourth-order valence-corrected chi connectivity index (χ4v) is 7.73. The van der Waals surface area contributed by atoms with Crippen molar-refractivity contribution in [3.8, 4) is 73.6 Å². The number of hydrogen-bond donors (Lipinski definition) is 0. The van der Waals surface area contributed by atoms with Gasteiger partial charge in [-0.05, 0) is 90.0 Å². The van der Waals surface area contributed by atoms with Crippen molar-refractivity contribution < 1.29 is 0 Å². The van der Waals surface area contributed by atoms with E-state index in [0.717, 1.165) is 60.8 Å². The number of nitriles is 1. The van der Waals surface area contributed by atoms with E-state index in [1.807, 2.05) is 72.8 Å². The highest BCUT2D eigenvalue weighted by atomic mass is 15.0. The Morgan fingerprint density at radius 2 is 0.750 bits per heavy atom. The fourth-order valence-electron chi connectivity index (χ4n) is 7.73. The Labute approximate surface area is 324 Å². The molecule has 1 aromatic heterocycles. The van der Waals surface area contributed by atoms with Gasteiger partial charge < -0.3 is 0 Å². The molecule has 0 saturated carbocycles. The fraction of sp³-hybridized carbons (Fsp3) is 0.